The van der Waals surface area contributed by atoms with E-state index in [1.807, 2.05) is 6.20 Å². The van der Waals surface area contributed by atoms with E-state index in [0.29, 0.717) is 5.54 Å². The molecular weight excluding hydrogens is 230 g/mol. The third kappa shape index (κ3) is 3.27. The lowest BCUT2D eigenvalue weighted by molar-refractivity contribution is 0.191. The number of hydrogen-bond acceptors (Lipinski definition) is 4. The highest BCUT2D eigenvalue weighted by Gasteiger charge is 2.30. The molecule has 0 unspecified atom stereocenters. The predicted octanol–water partition coefficient (Wildman–Crippen LogP) is 2.50. The minimum atomic E-state index is 0.313. The van der Waals surface area contributed by atoms with Gasteiger partial charge < -0.3 is 5.32 Å². The minimum Gasteiger partial charge on any atom is -0.310 e. The molecule has 3 nitrogen and oxygen atoms in total. The van der Waals surface area contributed by atoms with Crippen molar-refractivity contribution in [1.29, 1.82) is 0 Å². The molecule has 1 aliphatic rings. The molecule has 2 rings (SSSR count). The summed E-state index contributed by atoms with van der Waals surface area (Å²) in [5.41, 5.74) is 0.313. The highest BCUT2D eigenvalue weighted by Crippen LogP contribution is 2.21. The summed E-state index contributed by atoms with van der Waals surface area (Å²) in [6.07, 6.45) is 5.56. The average molecular weight is 253 g/mol. The van der Waals surface area contributed by atoms with E-state index in [1.54, 1.807) is 11.3 Å². The summed E-state index contributed by atoms with van der Waals surface area (Å²) in [7, 11) is 0. The Labute approximate surface area is 108 Å². The molecule has 1 fully saturated rings. The van der Waals surface area contributed by atoms with Crippen LogP contribution in [0.3, 0.4) is 0 Å². The Morgan fingerprint density at radius 3 is 2.94 bits per heavy atom. The van der Waals surface area contributed by atoms with Gasteiger partial charge in [-0.05, 0) is 32.4 Å². The van der Waals surface area contributed by atoms with E-state index in [1.165, 1.54) is 30.8 Å². The number of nitrogens with one attached hydrogen (secondary N) is 1. The molecule has 0 saturated carbocycles. The van der Waals surface area contributed by atoms with Crippen molar-refractivity contribution in [1.82, 2.24) is 15.2 Å². The van der Waals surface area contributed by atoms with E-state index in [9.17, 15) is 0 Å². The van der Waals surface area contributed by atoms with E-state index in [4.69, 9.17) is 0 Å². The second kappa shape index (κ2) is 5.94. The van der Waals surface area contributed by atoms with Crippen molar-refractivity contribution in [2.75, 3.05) is 19.6 Å². The monoisotopic (exact) mass is 253 g/mol. The quantitative estimate of drug-likeness (QED) is 0.893. The van der Waals surface area contributed by atoms with Crippen molar-refractivity contribution < 1.29 is 0 Å². The standard InChI is InChI=1S/C13H23N3S/c1-3-13(4-2)11-16(8-5-6-15-13)10-12-14-7-9-17-12/h7,9,15H,3-6,8,10-11H2,1-2H3. The summed E-state index contributed by atoms with van der Waals surface area (Å²) in [6.45, 7) is 9.10. The fourth-order valence-corrected chi connectivity index (χ4v) is 3.26. The molecule has 1 aromatic rings. The molecule has 2 heterocycles. The molecule has 96 valence electrons. The molecule has 1 saturated heterocycles. The Morgan fingerprint density at radius 1 is 1.47 bits per heavy atom. The minimum absolute atomic E-state index is 0.313. The number of hydrogen-bond donors (Lipinski definition) is 1. The maximum absolute atomic E-state index is 4.40. The van der Waals surface area contributed by atoms with Crippen LogP contribution in [-0.2, 0) is 6.54 Å². The Balaban J connectivity index is 2.01. The van der Waals surface area contributed by atoms with Gasteiger partial charge in [-0.3, -0.25) is 4.90 Å². The fourth-order valence-electron chi connectivity index (χ4n) is 2.60. The van der Waals surface area contributed by atoms with Crippen molar-refractivity contribution >= 4 is 11.3 Å². The van der Waals surface area contributed by atoms with E-state index < -0.39 is 0 Å². The SMILES string of the molecule is CCC1(CC)CN(Cc2nccs2)CCCN1. The first-order valence-electron chi connectivity index (χ1n) is 6.64. The summed E-state index contributed by atoms with van der Waals surface area (Å²) < 4.78 is 0. The smallest absolute Gasteiger partial charge is 0.107 e. The molecular formula is C13H23N3S. The molecule has 0 radical (unpaired) electrons. The van der Waals surface area contributed by atoms with Crippen molar-refractivity contribution in [3.63, 3.8) is 0 Å². The molecule has 17 heavy (non-hydrogen) atoms. The molecule has 0 aliphatic carbocycles. The lowest BCUT2D eigenvalue weighted by atomic mass is 9.92. The van der Waals surface area contributed by atoms with Crippen molar-refractivity contribution in [2.24, 2.45) is 0 Å². The van der Waals surface area contributed by atoms with Crippen molar-refractivity contribution in [3.8, 4) is 0 Å². The average Bonchev–Trinajstić information content (AvgIpc) is 2.76. The summed E-state index contributed by atoms with van der Waals surface area (Å²) in [5, 5.41) is 7.06. The fraction of sp³-hybridized carbons (Fsp3) is 0.769. The number of rotatable bonds is 4. The van der Waals surface area contributed by atoms with Gasteiger partial charge in [-0.25, -0.2) is 4.98 Å². The Kier molecular flexibility index (Phi) is 4.54. The second-order valence-electron chi connectivity index (χ2n) is 4.90. The molecule has 0 aromatic carbocycles. The third-order valence-corrected chi connectivity index (χ3v) is 4.64. The number of thiazole rings is 1. The Bertz CT molecular complexity index is 319. The first kappa shape index (κ1) is 13.0. The predicted molar refractivity (Wildman–Crippen MR) is 73.3 cm³/mol. The maximum Gasteiger partial charge on any atom is 0.107 e. The van der Waals surface area contributed by atoms with E-state index >= 15 is 0 Å². The van der Waals surface area contributed by atoms with Crippen LogP contribution in [0.5, 0.6) is 0 Å². The van der Waals surface area contributed by atoms with Crippen LogP contribution in [0, 0.1) is 0 Å². The molecule has 0 spiro atoms. The van der Waals surface area contributed by atoms with Crippen LogP contribution in [0.1, 0.15) is 38.1 Å². The van der Waals surface area contributed by atoms with Crippen LogP contribution in [0.2, 0.25) is 0 Å². The Morgan fingerprint density at radius 2 is 2.29 bits per heavy atom. The summed E-state index contributed by atoms with van der Waals surface area (Å²) >= 11 is 1.77. The zero-order valence-electron chi connectivity index (χ0n) is 10.9. The van der Waals surface area contributed by atoms with E-state index in [2.05, 4.69) is 34.4 Å². The molecule has 0 amide bonds. The van der Waals surface area contributed by atoms with Gasteiger partial charge in [-0.1, -0.05) is 13.8 Å². The Hall–Kier alpha value is -0.450. The van der Waals surface area contributed by atoms with Gasteiger partial charge in [-0.15, -0.1) is 11.3 Å². The van der Waals surface area contributed by atoms with Crippen LogP contribution in [0.25, 0.3) is 0 Å². The first-order chi connectivity index (χ1) is 8.28. The van der Waals surface area contributed by atoms with Gasteiger partial charge in [-0.2, -0.15) is 0 Å². The zero-order valence-corrected chi connectivity index (χ0v) is 11.7. The number of nitrogens with zero attached hydrogens (tertiary/aromatic N) is 2. The van der Waals surface area contributed by atoms with Crippen LogP contribution >= 0.6 is 11.3 Å². The summed E-state index contributed by atoms with van der Waals surface area (Å²) in [6, 6.07) is 0. The van der Waals surface area contributed by atoms with Gasteiger partial charge in [0.1, 0.15) is 5.01 Å². The summed E-state index contributed by atoms with van der Waals surface area (Å²) in [4.78, 5) is 6.96. The van der Waals surface area contributed by atoms with Crippen LogP contribution in [0.15, 0.2) is 11.6 Å². The van der Waals surface area contributed by atoms with Crippen LogP contribution < -0.4 is 5.32 Å². The van der Waals surface area contributed by atoms with Gasteiger partial charge in [0.05, 0.1) is 6.54 Å². The normalized spacial score (nSPS) is 21.3. The van der Waals surface area contributed by atoms with Gasteiger partial charge in [0, 0.05) is 23.7 Å². The highest BCUT2D eigenvalue weighted by molar-refractivity contribution is 7.09. The van der Waals surface area contributed by atoms with Gasteiger partial charge in [0.25, 0.3) is 0 Å². The molecule has 1 aromatic heterocycles. The molecule has 0 atom stereocenters. The lowest BCUT2D eigenvalue weighted by Crippen LogP contribution is -2.50. The highest BCUT2D eigenvalue weighted by atomic mass is 32.1. The summed E-state index contributed by atoms with van der Waals surface area (Å²) in [5.74, 6) is 0. The number of aromatic nitrogens is 1. The molecule has 1 aliphatic heterocycles. The topological polar surface area (TPSA) is 28.2 Å². The van der Waals surface area contributed by atoms with E-state index in [0.717, 1.165) is 19.6 Å². The zero-order chi connectivity index (χ0) is 12.1. The molecule has 0 bridgehead atoms. The largest absolute Gasteiger partial charge is 0.310 e. The van der Waals surface area contributed by atoms with Gasteiger partial charge >= 0.3 is 0 Å². The van der Waals surface area contributed by atoms with Crippen LogP contribution in [-0.4, -0.2) is 35.1 Å². The van der Waals surface area contributed by atoms with Gasteiger partial charge in [0.15, 0.2) is 0 Å². The third-order valence-electron chi connectivity index (χ3n) is 3.87. The van der Waals surface area contributed by atoms with Crippen molar-refractivity contribution in [2.45, 2.75) is 45.2 Å². The maximum atomic E-state index is 4.40. The van der Waals surface area contributed by atoms with Crippen LogP contribution in [0.4, 0.5) is 0 Å². The van der Waals surface area contributed by atoms with Gasteiger partial charge in [0.2, 0.25) is 0 Å². The molecule has 4 heteroatoms. The van der Waals surface area contributed by atoms with E-state index in [-0.39, 0.29) is 0 Å². The molecule has 1 N–H and O–H groups in total. The second-order valence-corrected chi connectivity index (χ2v) is 5.88. The first-order valence-corrected chi connectivity index (χ1v) is 7.52. The lowest BCUT2D eigenvalue weighted by Gasteiger charge is -2.35. The van der Waals surface area contributed by atoms with Crippen molar-refractivity contribution in [3.05, 3.63) is 16.6 Å².